The van der Waals surface area contributed by atoms with Gasteiger partial charge in [0.15, 0.2) is 11.7 Å². The van der Waals surface area contributed by atoms with Gasteiger partial charge in [-0.2, -0.15) is 0 Å². The number of carbonyl (C=O) groups excluding carboxylic acids is 3. The largest absolute Gasteiger partial charge is 0.468 e. The highest BCUT2D eigenvalue weighted by Gasteiger charge is 2.57. The molecular formula is C18H21BrO5. The van der Waals surface area contributed by atoms with Crippen LogP contribution in [0, 0.1) is 17.8 Å². The van der Waals surface area contributed by atoms with Gasteiger partial charge in [-0.25, -0.2) is 0 Å². The minimum absolute atomic E-state index is 0.102. The van der Waals surface area contributed by atoms with E-state index >= 15 is 0 Å². The number of hydrogen-bond donors (Lipinski definition) is 0. The average molecular weight is 397 g/mol. The fraction of sp³-hybridized carbons (Fsp3) is 0.500. The molecule has 1 heterocycles. The van der Waals surface area contributed by atoms with Crippen LogP contribution in [-0.4, -0.2) is 30.4 Å². The molecule has 0 saturated carbocycles. The summed E-state index contributed by atoms with van der Waals surface area (Å²) >= 11 is 3.34. The monoisotopic (exact) mass is 396 g/mol. The maximum Gasteiger partial charge on any atom is 0.321 e. The van der Waals surface area contributed by atoms with Crippen molar-refractivity contribution in [2.45, 2.75) is 32.8 Å². The van der Waals surface area contributed by atoms with E-state index in [-0.39, 0.29) is 5.78 Å². The molecule has 1 aromatic carbocycles. The zero-order valence-electron chi connectivity index (χ0n) is 14.2. The highest BCUT2D eigenvalue weighted by Crippen LogP contribution is 2.44. The van der Waals surface area contributed by atoms with Gasteiger partial charge in [0.2, 0.25) is 0 Å². The van der Waals surface area contributed by atoms with E-state index in [0.29, 0.717) is 12.0 Å². The van der Waals surface area contributed by atoms with Gasteiger partial charge in [0.05, 0.1) is 7.11 Å². The van der Waals surface area contributed by atoms with E-state index in [9.17, 15) is 14.4 Å². The second-order valence-corrected chi connectivity index (χ2v) is 7.35. The Morgan fingerprint density at radius 2 is 1.88 bits per heavy atom. The zero-order chi connectivity index (χ0) is 18.1. The maximum absolute atomic E-state index is 13.0. The molecule has 0 bridgehead atoms. The molecule has 0 radical (unpaired) electrons. The first-order chi connectivity index (χ1) is 11.2. The Bertz CT molecular complexity index is 650. The summed E-state index contributed by atoms with van der Waals surface area (Å²) in [5.41, 5.74) is -0.370. The smallest absolute Gasteiger partial charge is 0.321 e. The van der Waals surface area contributed by atoms with E-state index < -0.39 is 35.3 Å². The highest BCUT2D eigenvalue weighted by molar-refractivity contribution is 9.10. The summed E-state index contributed by atoms with van der Waals surface area (Å²) in [6.45, 7) is 5.33. The molecule has 0 aliphatic carbocycles. The van der Waals surface area contributed by atoms with Crippen LogP contribution in [0.3, 0.4) is 0 Å². The molecule has 1 saturated heterocycles. The van der Waals surface area contributed by atoms with Crippen LogP contribution in [0.4, 0.5) is 0 Å². The maximum atomic E-state index is 13.0. The summed E-state index contributed by atoms with van der Waals surface area (Å²) in [4.78, 5) is 37.3. The van der Waals surface area contributed by atoms with Crippen molar-refractivity contribution in [2.24, 2.45) is 17.8 Å². The predicted molar refractivity (Wildman–Crippen MR) is 91.4 cm³/mol. The lowest BCUT2D eigenvalue weighted by molar-refractivity contribution is -0.156. The topological polar surface area (TPSA) is 69.7 Å². The lowest BCUT2D eigenvalue weighted by atomic mass is 9.70. The molecule has 1 aromatic rings. The van der Waals surface area contributed by atoms with Crippen molar-refractivity contribution in [3.05, 3.63) is 34.3 Å². The highest BCUT2D eigenvalue weighted by atomic mass is 79.9. The van der Waals surface area contributed by atoms with E-state index in [2.05, 4.69) is 15.9 Å². The molecule has 130 valence electrons. The Kier molecular flexibility index (Phi) is 5.48. The van der Waals surface area contributed by atoms with Gasteiger partial charge in [0.1, 0.15) is 5.60 Å². The molecule has 5 nitrogen and oxygen atoms in total. The van der Waals surface area contributed by atoms with Gasteiger partial charge < -0.3 is 9.47 Å². The normalized spacial score (nSPS) is 23.5. The standard InChI is InChI=1S/C18H21BrO5/c1-5-12(15(20)10-6-8-11(19)9-7-10)14-13(16(21)23-4)17(22)24-18(14,2)3/h6-9,12-14H,5H2,1-4H3. The van der Waals surface area contributed by atoms with Gasteiger partial charge in [-0.05, 0) is 32.4 Å². The lowest BCUT2D eigenvalue weighted by Crippen LogP contribution is -2.42. The molecule has 6 heteroatoms. The number of rotatable bonds is 5. The summed E-state index contributed by atoms with van der Waals surface area (Å²) in [5, 5.41) is 0. The Morgan fingerprint density at radius 3 is 2.38 bits per heavy atom. The van der Waals surface area contributed by atoms with Crippen LogP contribution in [0.2, 0.25) is 0 Å². The Hall–Kier alpha value is -1.69. The first-order valence-corrected chi connectivity index (χ1v) is 8.62. The number of halogens is 1. The van der Waals surface area contributed by atoms with Crippen molar-refractivity contribution in [3.8, 4) is 0 Å². The predicted octanol–water partition coefficient (Wildman–Crippen LogP) is 3.40. The first-order valence-electron chi connectivity index (χ1n) is 7.83. The second kappa shape index (κ2) is 7.05. The number of esters is 2. The van der Waals surface area contributed by atoms with Crippen LogP contribution in [0.15, 0.2) is 28.7 Å². The third kappa shape index (κ3) is 3.38. The van der Waals surface area contributed by atoms with Gasteiger partial charge >= 0.3 is 11.9 Å². The number of benzene rings is 1. The van der Waals surface area contributed by atoms with Crippen molar-refractivity contribution in [1.29, 1.82) is 0 Å². The van der Waals surface area contributed by atoms with Crippen molar-refractivity contribution in [3.63, 3.8) is 0 Å². The minimum Gasteiger partial charge on any atom is -0.468 e. The summed E-state index contributed by atoms with van der Waals surface area (Å²) in [6.07, 6.45) is 0.493. The zero-order valence-corrected chi connectivity index (χ0v) is 15.8. The van der Waals surface area contributed by atoms with E-state index in [4.69, 9.17) is 9.47 Å². The van der Waals surface area contributed by atoms with Crippen molar-refractivity contribution in [1.82, 2.24) is 0 Å². The van der Waals surface area contributed by atoms with E-state index in [1.807, 2.05) is 6.92 Å². The number of methoxy groups -OCH3 is 1. The van der Waals surface area contributed by atoms with Crippen LogP contribution in [0.25, 0.3) is 0 Å². The molecule has 0 amide bonds. The molecule has 2 rings (SSSR count). The lowest BCUT2D eigenvalue weighted by Gasteiger charge is -2.32. The summed E-state index contributed by atoms with van der Waals surface area (Å²) < 4.78 is 11.0. The fourth-order valence-corrected chi connectivity index (χ4v) is 3.72. The van der Waals surface area contributed by atoms with E-state index in [0.717, 1.165) is 4.47 Å². The van der Waals surface area contributed by atoms with Gasteiger partial charge in [0.25, 0.3) is 0 Å². The number of cyclic esters (lactones) is 1. The van der Waals surface area contributed by atoms with Gasteiger partial charge in [0, 0.05) is 21.9 Å². The number of Topliss-reactive ketones (excluding diaryl/α,β-unsaturated/α-hetero) is 1. The van der Waals surface area contributed by atoms with Crippen molar-refractivity contribution < 1.29 is 23.9 Å². The van der Waals surface area contributed by atoms with Crippen LogP contribution < -0.4 is 0 Å². The molecular weight excluding hydrogens is 376 g/mol. The van der Waals surface area contributed by atoms with Crippen LogP contribution in [-0.2, 0) is 19.1 Å². The Morgan fingerprint density at radius 1 is 1.29 bits per heavy atom. The van der Waals surface area contributed by atoms with Gasteiger partial charge in [-0.1, -0.05) is 35.0 Å². The van der Waals surface area contributed by atoms with Gasteiger partial charge in [-0.3, -0.25) is 14.4 Å². The Balaban J connectivity index is 2.42. The van der Waals surface area contributed by atoms with E-state index in [1.165, 1.54) is 7.11 Å². The first kappa shape index (κ1) is 18.6. The molecule has 0 aromatic heterocycles. The number of hydrogen-bond acceptors (Lipinski definition) is 5. The SMILES string of the molecule is CCC(C(=O)c1ccc(Br)cc1)C1C(C(=O)OC)C(=O)OC1(C)C. The van der Waals surface area contributed by atoms with Crippen LogP contribution >= 0.6 is 15.9 Å². The third-order valence-electron chi connectivity index (χ3n) is 4.57. The molecule has 0 N–H and O–H groups in total. The molecule has 3 unspecified atom stereocenters. The second-order valence-electron chi connectivity index (χ2n) is 6.44. The van der Waals surface area contributed by atoms with E-state index in [1.54, 1.807) is 38.1 Å². The number of ketones is 1. The fourth-order valence-electron chi connectivity index (χ4n) is 3.46. The molecule has 1 fully saturated rings. The average Bonchev–Trinajstić information content (AvgIpc) is 2.77. The summed E-state index contributed by atoms with van der Waals surface area (Å²) in [5.74, 6) is -3.54. The summed E-state index contributed by atoms with van der Waals surface area (Å²) in [7, 11) is 1.23. The number of ether oxygens (including phenoxy) is 2. The minimum atomic E-state index is -1.07. The van der Waals surface area contributed by atoms with Crippen molar-refractivity contribution >= 4 is 33.7 Å². The third-order valence-corrected chi connectivity index (χ3v) is 5.10. The molecule has 1 aliphatic heterocycles. The van der Waals surface area contributed by atoms with Crippen molar-refractivity contribution in [2.75, 3.05) is 7.11 Å². The Labute approximate surface area is 149 Å². The van der Waals surface area contributed by atoms with Crippen LogP contribution in [0.1, 0.15) is 37.6 Å². The van der Waals surface area contributed by atoms with Crippen LogP contribution in [0.5, 0.6) is 0 Å². The number of carbonyl (C=O) groups is 3. The quantitative estimate of drug-likeness (QED) is 0.433. The molecule has 24 heavy (non-hydrogen) atoms. The molecule has 3 atom stereocenters. The summed E-state index contributed by atoms with van der Waals surface area (Å²) in [6, 6.07) is 7.04. The molecule has 0 spiro atoms. The van der Waals surface area contributed by atoms with Gasteiger partial charge in [-0.15, -0.1) is 0 Å². The molecule has 1 aliphatic rings.